The van der Waals surface area contributed by atoms with Gasteiger partial charge in [-0.25, -0.2) is 9.59 Å². The predicted octanol–water partition coefficient (Wildman–Crippen LogP) is 7.88. The molecule has 2 saturated heterocycles. The van der Waals surface area contributed by atoms with E-state index >= 15 is 0 Å². The maximum Gasteiger partial charge on any atom is 0.333 e. The number of esters is 2. The van der Waals surface area contributed by atoms with E-state index in [1.54, 1.807) is 63.7 Å². The number of rotatable bonds is 21. The quantitative estimate of drug-likeness (QED) is 0.0746. The van der Waals surface area contributed by atoms with Crippen molar-refractivity contribution in [1.29, 1.82) is 0 Å². The van der Waals surface area contributed by atoms with Crippen LogP contribution < -0.4 is 11.1 Å². The molecule has 0 radical (unpaired) electrons. The predicted molar refractivity (Wildman–Crippen MR) is 276 cm³/mol. The minimum Gasteiger partial charge on any atom is -0.480 e. The molecule has 396 valence electrons. The Kier molecular flexibility index (Phi) is 33.2. The van der Waals surface area contributed by atoms with Gasteiger partial charge in [0.2, 0.25) is 17.7 Å². The van der Waals surface area contributed by atoms with Crippen molar-refractivity contribution in [2.45, 2.75) is 210 Å². The van der Waals surface area contributed by atoms with Crippen LogP contribution in [0.1, 0.15) is 162 Å². The smallest absolute Gasteiger partial charge is 0.333 e. The summed E-state index contributed by atoms with van der Waals surface area (Å²) in [5, 5.41) is 12.1. The fraction of sp³-hybridized carbons (Fsp3) is 0.808. The molecule has 0 aromatic rings. The first-order chi connectivity index (χ1) is 31.2. The molecular weight excluding hydrogens is 888 g/mol. The minimum atomic E-state index is -0.653. The van der Waals surface area contributed by atoms with E-state index in [0.29, 0.717) is 36.4 Å². The van der Waals surface area contributed by atoms with Crippen LogP contribution in [0.2, 0.25) is 0 Å². The number of carboxylic acid groups (broad SMARTS) is 1. The number of aliphatic carboxylic acids is 1. The number of likely N-dealkylation sites (tertiary alicyclic amines) is 2. The number of ether oxygens (including phenoxy) is 2. The van der Waals surface area contributed by atoms with E-state index < -0.39 is 18.1 Å². The van der Waals surface area contributed by atoms with Crippen LogP contribution >= 0.6 is 12.4 Å². The van der Waals surface area contributed by atoms with Gasteiger partial charge in [0.15, 0.2) is 0 Å². The first kappa shape index (κ1) is 66.6. The number of nitrogens with two attached hydrogens (primary N) is 1. The second-order valence-corrected chi connectivity index (χ2v) is 19.9. The normalized spacial score (nSPS) is 19.7. The number of amides is 3. The van der Waals surface area contributed by atoms with E-state index in [1.807, 2.05) is 55.4 Å². The lowest BCUT2D eigenvalue weighted by atomic mass is 9.95. The molecular formula is C52H97ClN6O9. The van der Waals surface area contributed by atoms with Gasteiger partial charge >= 0.3 is 17.9 Å². The molecule has 3 amide bonds. The molecule has 16 heteroatoms. The molecule has 2 aliphatic rings. The van der Waals surface area contributed by atoms with Crippen molar-refractivity contribution in [2.75, 3.05) is 40.4 Å². The summed E-state index contributed by atoms with van der Waals surface area (Å²) in [5.74, 6) is -1.43. The first-order valence-corrected chi connectivity index (χ1v) is 25.3. The number of likely N-dealkylation sites (N-methyl/N-ethyl adjacent to an activating group) is 2. The standard InChI is InChI=1S/C26H47N3O4.C16H30N2O3.C10H19NO2.ClH/c1-10-20(8)29-15-13-12-14-21(29)24(30)27-23(18(5)6)25(31)28(9)22(17(3)4)16-19(7)26(32)33-11-2;1-8-21-16(20)12(6)9-13(10(2)3)18(7)15(19)14(17)11(4)5;1-3-8(2)11-7-5-4-6-9(11)10(12)13;/h16-18,20-23H,10-15H2,1-9H3,(H,27,30);9-11,13-14H,8,17H2,1-7H3;8-9H,3-7H2,1-2H3,(H,12,13);1H/b19-16+;12-9+;;/t20?,21?,22-,23?;13-,14?;8?,9-;/m111./s1. The molecule has 15 nitrogen and oxygen atoms in total. The Balaban J connectivity index is 0. The van der Waals surface area contributed by atoms with Gasteiger partial charge in [-0.05, 0) is 117 Å². The van der Waals surface area contributed by atoms with Crippen LogP contribution in [0.4, 0.5) is 0 Å². The number of carboxylic acids is 1. The molecule has 0 aromatic heterocycles. The fourth-order valence-electron chi connectivity index (χ4n) is 8.42. The molecule has 0 bridgehead atoms. The van der Waals surface area contributed by atoms with Crippen molar-refractivity contribution in [3.8, 4) is 0 Å². The summed E-state index contributed by atoms with van der Waals surface area (Å²) in [5.41, 5.74) is 6.92. The summed E-state index contributed by atoms with van der Waals surface area (Å²) < 4.78 is 10.1. The molecule has 5 unspecified atom stereocenters. The fourth-order valence-corrected chi connectivity index (χ4v) is 8.42. The topological polar surface area (TPSA) is 192 Å². The Bertz CT molecular complexity index is 1600. The third-order valence-electron chi connectivity index (χ3n) is 13.2. The van der Waals surface area contributed by atoms with Crippen molar-refractivity contribution in [1.82, 2.24) is 24.9 Å². The van der Waals surface area contributed by atoms with Gasteiger partial charge in [0.05, 0.1) is 37.4 Å². The molecule has 0 aromatic carbocycles. The molecule has 0 aliphatic carbocycles. The van der Waals surface area contributed by atoms with E-state index in [4.69, 9.17) is 20.3 Å². The number of piperidine rings is 2. The maximum atomic E-state index is 13.5. The average molecular weight is 986 g/mol. The number of hydrogen-bond acceptors (Lipinski definition) is 11. The Morgan fingerprint density at radius 1 is 0.632 bits per heavy atom. The molecule has 2 fully saturated rings. The van der Waals surface area contributed by atoms with Crippen LogP contribution in [-0.2, 0) is 38.2 Å². The molecule has 2 aliphatic heterocycles. The van der Waals surface area contributed by atoms with E-state index in [1.165, 1.54) is 0 Å². The summed E-state index contributed by atoms with van der Waals surface area (Å²) in [6.45, 7) is 33.8. The van der Waals surface area contributed by atoms with Gasteiger partial charge in [0.1, 0.15) is 12.1 Å². The summed E-state index contributed by atoms with van der Waals surface area (Å²) >= 11 is 0. The third-order valence-corrected chi connectivity index (χ3v) is 13.2. The van der Waals surface area contributed by atoms with Gasteiger partial charge in [0, 0.05) is 37.3 Å². The second kappa shape index (κ2) is 33.9. The van der Waals surface area contributed by atoms with Gasteiger partial charge in [-0.3, -0.25) is 29.0 Å². The zero-order valence-corrected chi connectivity index (χ0v) is 46.4. The summed E-state index contributed by atoms with van der Waals surface area (Å²) in [7, 11) is 3.47. The largest absolute Gasteiger partial charge is 0.480 e. The third kappa shape index (κ3) is 21.6. The number of carbonyl (C=O) groups excluding carboxylic acids is 5. The molecule has 0 spiro atoms. The number of nitrogens with one attached hydrogen (secondary N) is 1. The van der Waals surface area contributed by atoms with Crippen LogP contribution in [0.5, 0.6) is 0 Å². The van der Waals surface area contributed by atoms with Crippen molar-refractivity contribution < 1.29 is 43.3 Å². The van der Waals surface area contributed by atoms with Gasteiger partial charge in [-0.2, -0.15) is 0 Å². The molecule has 8 atom stereocenters. The Morgan fingerprint density at radius 3 is 1.35 bits per heavy atom. The van der Waals surface area contributed by atoms with E-state index in [-0.39, 0.29) is 89.9 Å². The lowest BCUT2D eigenvalue weighted by Gasteiger charge is -2.40. The van der Waals surface area contributed by atoms with Crippen molar-refractivity contribution >= 4 is 48.0 Å². The average Bonchev–Trinajstić information content (AvgIpc) is 3.29. The van der Waals surface area contributed by atoms with E-state index in [2.05, 4.69) is 42.8 Å². The zero-order valence-electron chi connectivity index (χ0n) is 45.6. The SMILES string of the molecule is CCC(C)N1CCCC[C@@H]1C(=O)O.CCOC(=O)/C(C)=C/[C@H](C(C)C)N(C)C(=O)C(N)C(C)C.CCOC(=O)/C(C)=C/[C@H](C(C)C)N(C)C(=O)C(NC(=O)C1CCCCN1C(C)CC)C(C)C.Cl. The van der Waals surface area contributed by atoms with Crippen molar-refractivity contribution in [3.63, 3.8) is 0 Å². The van der Waals surface area contributed by atoms with E-state index in [0.717, 1.165) is 64.5 Å². The van der Waals surface area contributed by atoms with Gasteiger partial charge < -0.3 is 35.4 Å². The van der Waals surface area contributed by atoms with Gasteiger partial charge in [-0.1, -0.05) is 94.2 Å². The van der Waals surface area contributed by atoms with Crippen LogP contribution in [0, 0.1) is 23.7 Å². The Hall–Kier alpha value is -3.53. The summed E-state index contributed by atoms with van der Waals surface area (Å²) in [6.07, 6.45) is 11.6. The Morgan fingerprint density at radius 2 is 1.01 bits per heavy atom. The summed E-state index contributed by atoms with van der Waals surface area (Å²) in [4.78, 5) is 81.7. The maximum absolute atomic E-state index is 13.5. The van der Waals surface area contributed by atoms with Crippen LogP contribution in [0.15, 0.2) is 23.3 Å². The minimum absolute atomic E-state index is 0. The first-order valence-electron chi connectivity index (χ1n) is 25.3. The highest BCUT2D eigenvalue weighted by atomic mass is 35.5. The second-order valence-electron chi connectivity index (χ2n) is 19.9. The molecule has 4 N–H and O–H groups in total. The van der Waals surface area contributed by atoms with Crippen molar-refractivity contribution in [3.05, 3.63) is 23.3 Å². The molecule has 2 rings (SSSR count). The number of hydrogen-bond donors (Lipinski definition) is 3. The molecule has 68 heavy (non-hydrogen) atoms. The highest BCUT2D eigenvalue weighted by Crippen LogP contribution is 2.24. The van der Waals surface area contributed by atoms with Crippen LogP contribution in [-0.4, -0.2) is 149 Å². The van der Waals surface area contributed by atoms with E-state index in [9.17, 15) is 28.8 Å². The van der Waals surface area contributed by atoms with Crippen LogP contribution in [0.25, 0.3) is 0 Å². The lowest BCUT2D eigenvalue weighted by molar-refractivity contribution is -0.146. The monoisotopic (exact) mass is 985 g/mol. The molecule has 2 heterocycles. The zero-order chi connectivity index (χ0) is 51.9. The Labute approximate surface area is 418 Å². The van der Waals surface area contributed by atoms with Gasteiger partial charge in [0.25, 0.3) is 0 Å². The number of nitrogens with zero attached hydrogens (tertiary/aromatic N) is 4. The van der Waals surface area contributed by atoms with Crippen molar-refractivity contribution in [2.24, 2.45) is 29.4 Å². The molecule has 0 saturated carbocycles. The summed E-state index contributed by atoms with van der Waals surface area (Å²) in [6, 6.07) is -1.32. The highest BCUT2D eigenvalue weighted by Gasteiger charge is 2.37. The number of carbonyl (C=O) groups is 6. The van der Waals surface area contributed by atoms with Crippen LogP contribution in [0.3, 0.4) is 0 Å². The number of halogens is 1. The highest BCUT2D eigenvalue weighted by molar-refractivity contribution is 5.91. The lowest BCUT2D eigenvalue weighted by Crippen LogP contribution is -2.59. The van der Waals surface area contributed by atoms with Gasteiger partial charge in [-0.15, -0.1) is 12.4 Å².